The van der Waals surface area contributed by atoms with Gasteiger partial charge in [0.15, 0.2) is 0 Å². The molecule has 0 aliphatic heterocycles. The molecule has 20 heavy (non-hydrogen) atoms. The standard InChI is InChI=1S/C15H20N2O2.ClH/c1-19-13-7-6-11(8-12(13)16)17-15(18)14(9-2-3-9)10-4-5-10;/h6-10,14H,2-5,16H2,1H3,(H,17,18);1H. The van der Waals surface area contributed by atoms with Crippen molar-refractivity contribution in [3.63, 3.8) is 0 Å². The molecule has 0 radical (unpaired) electrons. The molecule has 2 saturated carbocycles. The maximum atomic E-state index is 12.4. The molecule has 3 N–H and O–H groups in total. The van der Waals surface area contributed by atoms with Gasteiger partial charge in [-0.2, -0.15) is 0 Å². The van der Waals surface area contributed by atoms with Crippen LogP contribution in [-0.4, -0.2) is 13.0 Å². The Hall–Kier alpha value is -1.42. The summed E-state index contributed by atoms with van der Waals surface area (Å²) < 4.78 is 5.11. The summed E-state index contributed by atoms with van der Waals surface area (Å²) in [6.07, 6.45) is 4.83. The summed E-state index contributed by atoms with van der Waals surface area (Å²) >= 11 is 0. The number of halogens is 1. The predicted molar refractivity (Wildman–Crippen MR) is 82.2 cm³/mol. The van der Waals surface area contributed by atoms with E-state index >= 15 is 0 Å². The Morgan fingerprint density at radius 2 is 1.90 bits per heavy atom. The summed E-state index contributed by atoms with van der Waals surface area (Å²) in [5.41, 5.74) is 7.16. The van der Waals surface area contributed by atoms with E-state index in [0.717, 1.165) is 5.69 Å². The molecule has 110 valence electrons. The van der Waals surface area contributed by atoms with E-state index in [4.69, 9.17) is 10.5 Å². The average molecular weight is 297 g/mol. The lowest BCUT2D eigenvalue weighted by Gasteiger charge is -2.16. The summed E-state index contributed by atoms with van der Waals surface area (Å²) in [4.78, 5) is 12.4. The van der Waals surface area contributed by atoms with Gasteiger partial charge in [0, 0.05) is 11.6 Å². The van der Waals surface area contributed by atoms with Crippen LogP contribution in [0, 0.1) is 17.8 Å². The van der Waals surface area contributed by atoms with Gasteiger partial charge >= 0.3 is 0 Å². The Kier molecular flexibility index (Phi) is 4.43. The third kappa shape index (κ3) is 3.18. The number of rotatable bonds is 5. The maximum absolute atomic E-state index is 12.4. The van der Waals surface area contributed by atoms with Crippen molar-refractivity contribution in [3.05, 3.63) is 18.2 Å². The Bertz CT molecular complexity index is 487. The maximum Gasteiger partial charge on any atom is 0.228 e. The fraction of sp³-hybridized carbons (Fsp3) is 0.533. The molecule has 2 aliphatic carbocycles. The summed E-state index contributed by atoms with van der Waals surface area (Å²) in [6, 6.07) is 5.38. The van der Waals surface area contributed by atoms with Crippen molar-refractivity contribution in [2.45, 2.75) is 25.7 Å². The fourth-order valence-electron chi connectivity index (χ4n) is 2.76. The van der Waals surface area contributed by atoms with Crippen molar-refractivity contribution in [1.29, 1.82) is 0 Å². The molecule has 4 nitrogen and oxygen atoms in total. The van der Waals surface area contributed by atoms with Crippen molar-refractivity contribution in [2.75, 3.05) is 18.2 Å². The zero-order chi connectivity index (χ0) is 13.4. The van der Waals surface area contributed by atoms with Crippen molar-refractivity contribution in [1.82, 2.24) is 0 Å². The minimum absolute atomic E-state index is 0. The van der Waals surface area contributed by atoms with Gasteiger partial charge in [0.25, 0.3) is 0 Å². The minimum Gasteiger partial charge on any atom is -0.495 e. The number of carbonyl (C=O) groups excluding carboxylic acids is 1. The number of amides is 1. The first kappa shape index (κ1) is 15.0. The van der Waals surface area contributed by atoms with Gasteiger partial charge in [0.05, 0.1) is 12.8 Å². The number of nitrogens with one attached hydrogen (secondary N) is 1. The van der Waals surface area contributed by atoms with E-state index < -0.39 is 0 Å². The molecule has 1 aromatic rings. The molecule has 0 atom stereocenters. The lowest BCUT2D eigenvalue weighted by atomic mass is 9.97. The Labute approximate surface area is 125 Å². The number of nitrogen functional groups attached to an aromatic ring is 1. The second kappa shape index (κ2) is 5.92. The van der Waals surface area contributed by atoms with Crippen molar-refractivity contribution in [2.24, 2.45) is 17.8 Å². The number of carbonyl (C=O) groups is 1. The van der Waals surface area contributed by atoms with E-state index in [-0.39, 0.29) is 24.2 Å². The lowest BCUT2D eigenvalue weighted by molar-refractivity contribution is -0.121. The molecule has 3 rings (SSSR count). The topological polar surface area (TPSA) is 64.3 Å². The number of nitrogens with two attached hydrogens (primary N) is 1. The summed E-state index contributed by atoms with van der Waals surface area (Å²) in [5, 5.41) is 3.00. The van der Waals surface area contributed by atoms with Crippen molar-refractivity contribution < 1.29 is 9.53 Å². The molecule has 5 heteroatoms. The van der Waals surface area contributed by atoms with Crippen molar-refractivity contribution in [3.8, 4) is 5.75 Å². The van der Waals surface area contributed by atoms with Crippen LogP contribution in [0.15, 0.2) is 18.2 Å². The molecule has 0 bridgehead atoms. The second-order valence-electron chi connectivity index (χ2n) is 5.65. The molecular weight excluding hydrogens is 276 g/mol. The number of benzene rings is 1. The molecule has 0 heterocycles. The molecule has 2 aliphatic rings. The minimum atomic E-state index is 0. The number of methoxy groups -OCH3 is 1. The molecule has 0 unspecified atom stereocenters. The zero-order valence-electron chi connectivity index (χ0n) is 11.6. The van der Waals surface area contributed by atoms with Crippen LogP contribution in [0.3, 0.4) is 0 Å². The highest BCUT2D eigenvalue weighted by atomic mass is 35.5. The SMILES string of the molecule is COc1ccc(NC(=O)C(C2CC2)C2CC2)cc1N.Cl. The Balaban J connectivity index is 0.00000147. The van der Waals surface area contributed by atoms with Crippen LogP contribution in [0.5, 0.6) is 5.75 Å². The first-order valence-electron chi connectivity index (χ1n) is 6.93. The van der Waals surface area contributed by atoms with Gasteiger partial charge in [-0.3, -0.25) is 4.79 Å². The Morgan fingerprint density at radius 1 is 1.30 bits per heavy atom. The first-order valence-corrected chi connectivity index (χ1v) is 6.93. The van der Waals surface area contributed by atoms with E-state index in [9.17, 15) is 4.79 Å². The van der Waals surface area contributed by atoms with Crippen LogP contribution in [0.2, 0.25) is 0 Å². The molecule has 0 spiro atoms. The van der Waals surface area contributed by atoms with Crippen LogP contribution in [0.25, 0.3) is 0 Å². The highest BCUT2D eigenvalue weighted by molar-refractivity contribution is 5.94. The number of anilines is 2. The molecule has 1 amide bonds. The van der Waals surface area contributed by atoms with Gasteiger partial charge in [-0.05, 0) is 55.7 Å². The largest absolute Gasteiger partial charge is 0.495 e. The molecule has 0 saturated heterocycles. The molecule has 0 aromatic heterocycles. The molecule has 2 fully saturated rings. The summed E-state index contributed by atoms with van der Waals surface area (Å²) in [7, 11) is 1.58. The normalized spacial score (nSPS) is 17.5. The third-order valence-corrected chi connectivity index (χ3v) is 4.06. The number of hydrogen-bond acceptors (Lipinski definition) is 3. The van der Waals surface area contributed by atoms with E-state index in [1.807, 2.05) is 6.07 Å². The van der Waals surface area contributed by atoms with Gasteiger partial charge < -0.3 is 15.8 Å². The lowest BCUT2D eigenvalue weighted by Crippen LogP contribution is -2.26. The van der Waals surface area contributed by atoms with Crippen LogP contribution in [0.4, 0.5) is 11.4 Å². The quantitative estimate of drug-likeness (QED) is 0.821. The van der Waals surface area contributed by atoms with Crippen LogP contribution in [-0.2, 0) is 4.79 Å². The van der Waals surface area contributed by atoms with Crippen LogP contribution < -0.4 is 15.8 Å². The summed E-state index contributed by atoms with van der Waals surface area (Å²) in [6.45, 7) is 0. The smallest absolute Gasteiger partial charge is 0.228 e. The van der Waals surface area contributed by atoms with Crippen LogP contribution in [0.1, 0.15) is 25.7 Å². The average Bonchev–Trinajstić information content (AvgIpc) is 3.24. The molecular formula is C15H21ClN2O2. The highest BCUT2D eigenvalue weighted by Gasteiger charge is 2.45. The van der Waals surface area contributed by atoms with Crippen LogP contribution >= 0.6 is 12.4 Å². The van der Waals surface area contributed by atoms with Gasteiger partial charge in [-0.25, -0.2) is 0 Å². The number of hydrogen-bond donors (Lipinski definition) is 2. The Morgan fingerprint density at radius 3 is 2.35 bits per heavy atom. The van der Waals surface area contributed by atoms with Gasteiger partial charge in [0.2, 0.25) is 5.91 Å². The van der Waals surface area contributed by atoms with Gasteiger partial charge in [0.1, 0.15) is 5.75 Å². The monoisotopic (exact) mass is 296 g/mol. The van der Waals surface area contributed by atoms with Gasteiger partial charge in [-0.1, -0.05) is 0 Å². The zero-order valence-corrected chi connectivity index (χ0v) is 12.4. The van der Waals surface area contributed by atoms with E-state index in [1.54, 1.807) is 19.2 Å². The molecule has 1 aromatic carbocycles. The second-order valence-corrected chi connectivity index (χ2v) is 5.65. The van der Waals surface area contributed by atoms with E-state index in [0.29, 0.717) is 23.3 Å². The first-order chi connectivity index (χ1) is 9.19. The fourth-order valence-corrected chi connectivity index (χ4v) is 2.76. The highest BCUT2D eigenvalue weighted by Crippen LogP contribution is 2.49. The van der Waals surface area contributed by atoms with Crippen molar-refractivity contribution >= 4 is 29.7 Å². The third-order valence-electron chi connectivity index (χ3n) is 4.06. The number of ether oxygens (including phenoxy) is 1. The predicted octanol–water partition coefficient (Wildman–Crippen LogP) is 3.07. The van der Waals surface area contributed by atoms with E-state index in [1.165, 1.54) is 25.7 Å². The van der Waals surface area contributed by atoms with Gasteiger partial charge in [-0.15, -0.1) is 12.4 Å². The van der Waals surface area contributed by atoms with E-state index in [2.05, 4.69) is 5.32 Å². The summed E-state index contributed by atoms with van der Waals surface area (Å²) in [5.74, 6) is 2.24.